The molecule has 4 aliphatic heterocycles. The van der Waals surface area contributed by atoms with Crippen LogP contribution in [0.3, 0.4) is 0 Å². The van der Waals surface area contributed by atoms with Crippen molar-refractivity contribution in [2.24, 2.45) is 17.8 Å². The fourth-order valence-electron chi connectivity index (χ4n) is 13.5. The molecule has 0 spiro atoms. The summed E-state index contributed by atoms with van der Waals surface area (Å²) < 4.78 is 65.3. The third-order valence-corrected chi connectivity index (χ3v) is 19.0. The van der Waals surface area contributed by atoms with Gasteiger partial charge in [-0.2, -0.15) is 0 Å². The highest BCUT2D eigenvalue weighted by molar-refractivity contribution is 6.34. The summed E-state index contributed by atoms with van der Waals surface area (Å²) in [5.74, 6) is -3.97. The van der Waals surface area contributed by atoms with E-state index in [1.165, 1.54) is 6.20 Å². The van der Waals surface area contributed by atoms with Crippen LogP contribution in [0.25, 0.3) is 10.9 Å². The van der Waals surface area contributed by atoms with Gasteiger partial charge in [0.25, 0.3) is 0 Å². The van der Waals surface area contributed by atoms with Crippen molar-refractivity contribution >= 4 is 40.1 Å². The van der Waals surface area contributed by atoms with Crippen LogP contribution in [-0.2, 0) is 52.2 Å². The Bertz CT molecular complexity index is 2600. The monoisotopic (exact) mass is 1230 g/mol. The van der Waals surface area contributed by atoms with Crippen molar-refractivity contribution in [3.8, 4) is 0 Å². The number of carbonyl (C=O) groups excluding carboxylic acids is 1. The number of carboxylic acids is 1. The van der Waals surface area contributed by atoms with Crippen LogP contribution < -0.4 is 16.1 Å². The molecule has 19 atom stereocenters. The molecule has 0 bridgehead atoms. The van der Waals surface area contributed by atoms with E-state index in [-0.39, 0.29) is 48.9 Å². The summed E-state index contributed by atoms with van der Waals surface area (Å²) in [6.07, 6.45) is -4.11. The van der Waals surface area contributed by atoms with Crippen LogP contribution in [0, 0.1) is 17.8 Å². The third kappa shape index (κ3) is 15.5. The van der Waals surface area contributed by atoms with E-state index in [0.29, 0.717) is 93.7 Å². The summed E-state index contributed by atoms with van der Waals surface area (Å²) >= 11 is 6.59. The van der Waals surface area contributed by atoms with Crippen molar-refractivity contribution in [2.45, 2.75) is 216 Å². The number of carbonyl (C=O) groups is 2. The number of halogens is 1. The van der Waals surface area contributed by atoms with E-state index in [0.717, 1.165) is 12.8 Å². The number of benzene rings is 1. The predicted molar refractivity (Wildman–Crippen MR) is 318 cm³/mol. The second kappa shape index (κ2) is 29.2. The number of aromatic carboxylic acids is 1. The number of hydrogen-bond acceptors (Lipinski definition) is 21. The number of likely N-dealkylation sites (N-methyl/N-ethyl adjacent to an activating group) is 2. The Kier molecular flexibility index (Phi) is 23.8. The summed E-state index contributed by atoms with van der Waals surface area (Å²) in [4.78, 5) is 43.5. The number of aromatic nitrogens is 1. The largest absolute Gasteiger partial charge is 0.477 e. The molecule has 1 aromatic heterocycles. The van der Waals surface area contributed by atoms with Crippen LogP contribution in [0.15, 0.2) is 23.1 Å². The molecule has 5 heterocycles. The fourth-order valence-corrected chi connectivity index (χ4v) is 13.8. The maximum atomic E-state index is 14.8. The van der Waals surface area contributed by atoms with Crippen LogP contribution in [0.5, 0.6) is 0 Å². The molecule has 85 heavy (non-hydrogen) atoms. The van der Waals surface area contributed by atoms with Crippen molar-refractivity contribution in [3.63, 3.8) is 0 Å². The average molecular weight is 1230 g/mol. The van der Waals surface area contributed by atoms with Crippen molar-refractivity contribution in [1.82, 2.24) is 19.7 Å². The molecule has 0 amide bonds. The minimum atomic E-state index is -1.84. The number of hydrogen-bond donors (Lipinski definition) is 7. The second-order valence-electron chi connectivity index (χ2n) is 25.6. The molecule has 2 aromatic rings. The molecule has 7 N–H and O–H groups in total. The zero-order chi connectivity index (χ0) is 62.5. The molecule has 1 aliphatic carbocycles. The second-order valence-corrected chi connectivity index (χ2v) is 26.0. The first-order valence-electron chi connectivity index (χ1n) is 30.6. The lowest BCUT2D eigenvalue weighted by molar-refractivity contribution is -0.437. The number of nitrogens with zero attached hydrogens (tertiary/aromatic N) is 3. The topological polar surface area (TPSA) is 280 Å². The first kappa shape index (κ1) is 69.3. The van der Waals surface area contributed by atoms with Crippen LogP contribution >= 0.6 is 11.6 Å². The quantitative estimate of drug-likeness (QED) is 0.0550. The summed E-state index contributed by atoms with van der Waals surface area (Å²) in [5, 5.41) is 65.1. The number of anilines is 1. The molecule has 4 saturated heterocycles. The SMILES string of the molecule is CC[C@H]1OC(=O)[C@H](C)[C@@H](O[C@H]2C[C@@](C)(OC)[C@@H](OCCCNCCOCCOCCNc3cc4c(=O)c(C(=O)O)cn(C5CC5)c4cc3Cl)[C@H](C)O2)[C@H](C)[C@@H](O[C@@H]2O[C@H](C)C[C@H](N(C)C)[C@H]2O)[C@](C)(O)C[C@@H](C)CN(C)[C@H](C)[C@@]2(O)[C@H](O)O[C@]12C. The Balaban J connectivity index is 0.935. The van der Waals surface area contributed by atoms with Gasteiger partial charge in [-0.25, -0.2) is 4.79 Å². The number of esters is 1. The van der Waals surface area contributed by atoms with Gasteiger partial charge in [0.2, 0.25) is 5.43 Å². The summed E-state index contributed by atoms with van der Waals surface area (Å²) in [6, 6.07) is 2.48. The Labute approximate surface area is 506 Å². The van der Waals surface area contributed by atoms with Crippen LogP contribution in [0.1, 0.15) is 131 Å². The van der Waals surface area contributed by atoms with E-state index in [1.54, 1.807) is 46.9 Å². The number of aliphatic hydroxyl groups is 4. The van der Waals surface area contributed by atoms with Crippen molar-refractivity contribution in [1.29, 1.82) is 0 Å². The van der Waals surface area contributed by atoms with Crippen molar-refractivity contribution in [2.75, 3.05) is 92.8 Å². The van der Waals surface area contributed by atoms with Gasteiger partial charge in [-0.1, -0.05) is 32.4 Å². The zero-order valence-electron chi connectivity index (χ0n) is 52.5. The smallest absolute Gasteiger partial charge is 0.341 e. The number of aliphatic hydroxyl groups excluding tert-OH is 2. The number of rotatable bonds is 24. The van der Waals surface area contributed by atoms with Gasteiger partial charge in [0.1, 0.15) is 29.5 Å². The third-order valence-electron chi connectivity index (χ3n) is 18.6. The fraction of sp³-hybridized carbons (Fsp3) is 0.820. The average Bonchev–Trinajstić information content (AvgIpc) is 1.74. The first-order valence-corrected chi connectivity index (χ1v) is 31.0. The maximum absolute atomic E-state index is 14.8. The Morgan fingerprint density at radius 1 is 0.906 bits per heavy atom. The summed E-state index contributed by atoms with van der Waals surface area (Å²) in [5.41, 5.74) is -5.56. The highest BCUT2D eigenvalue weighted by Gasteiger charge is 2.71. The molecule has 5 fully saturated rings. The number of ether oxygens (including phenoxy) is 10. The van der Waals surface area contributed by atoms with E-state index in [2.05, 4.69) is 10.6 Å². The van der Waals surface area contributed by atoms with E-state index >= 15 is 0 Å². The van der Waals surface area contributed by atoms with Gasteiger partial charge in [0, 0.05) is 75.4 Å². The molecular formula is C61H100ClN5O18. The minimum Gasteiger partial charge on any atom is -0.477 e. The molecule has 24 heteroatoms. The number of methoxy groups -OCH3 is 1. The maximum Gasteiger partial charge on any atom is 0.341 e. The molecule has 484 valence electrons. The zero-order valence-corrected chi connectivity index (χ0v) is 53.3. The molecule has 7 rings (SSSR count). The molecule has 0 radical (unpaired) electrons. The van der Waals surface area contributed by atoms with Gasteiger partial charge in [0.05, 0.1) is 84.2 Å². The van der Waals surface area contributed by atoms with Gasteiger partial charge in [-0.05, 0) is 133 Å². The van der Waals surface area contributed by atoms with Crippen LogP contribution in [-0.4, -0.2) is 235 Å². The van der Waals surface area contributed by atoms with Gasteiger partial charge < -0.3 is 97.9 Å². The lowest BCUT2D eigenvalue weighted by Gasteiger charge is -2.62. The Hall–Kier alpha value is -3.18. The van der Waals surface area contributed by atoms with Crippen molar-refractivity contribution in [3.05, 3.63) is 39.1 Å². The van der Waals surface area contributed by atoms with E-state index in [4.69, 9.17) is 59.0 Å². The first-order chi connectivity index (χ1) is 40.0. The lowest BCUT2D eigenvalue weighted by Crippen LogP contribution is -2.83. The lowest BCUT2D eigenvalue weighted by atomic mass is 9.68. The molecule has 0 unspecified atom stereocenters. The Morgan fingerprint density at radius 3 is 2.21 bits per heavy atom. The Morgan fingerprint density at radius 2 is 1.59 bits per heavy atom. The van der Waals surface area contributed by atoms with Gasteiger partial charge in [-0.15, -0.1) is 0 Å². The molecule has 1 aromatic carbocycles. The molecule has 23 nitrogen and oxygen atoms in total. The molecule has 1 saturated carbocycles. The number of pyridine rings is 1. The van der Waals surface area contributed by atoms with E-state index in [9.17, 15) is 39.9 Å². The van der Waals surface area contributed by atoms with E-state index in [1.807, 2.05) is 77.1 Å². The highest BCUT2D eigenvalue weighted by Crippen LogP contribution is 2.50. The number of fused-ring (bicyclic) bond motifs is 2. The van der Waals surface area contributed by atoms with Crippen LogP contribution in [0.2, 0.25) is 5.02 Å². The summed E-state index contributed by atoms with van der Waals surface area (Å²) in [6.45, 7) is 22.2. The van der Waals surface area contributed by atoms with Gasteiger partial charge >= 0.3 is 11.9 Å². The van der Waals surface area contributed by atoms with Gasteiger partial charge in [0.15, 0.2) is 24.5 Å². The standard InChI is InChI=1S/C61H100ClN5O18/c1-15-47-60(10)61(75,57(73)85-60)39(7)66(13)32-34(2)30-58(8,74)52(84-56-50(69)46(65(11)12)27-35(3)80-56)36(4)51(37(5)55(72)82-47)83-48-31-59(9,76-14)53(38(6)81-48)79-22-16-19-63-20-23-77-25-26-78-24-21-64-44-28-41-45(29-43(44)62)67(40-17-18-40)33-42(49(41)68)54(70)71/h28-29,33-40,46-48,50-53,56-57,63-64,69,73-75H,15-27,30-32H2,1-14H3,(H,70,71)/t34-,35-,36+,37-,38+,39-,46+,47-,48+,50-,51+,52-,53+,56+,57-,58-,59-,60-,61-/m1/s1. The highest BCUT2D eigenvalue weighted by atomic mass is 35.5. The van der Waals surface area contributed by atoms with Gasteiger partial charge in [-0.3, -0.25) is 9.59 Å². The predicted octanol–water partition coefficient (Wildman–Crippen LogP) is 4.78. The number of carboxylic acid groups (broad SMARTS) is 1. The molecule has 5 aliphatic rings. The normalized spacial score (nSPS) is 38.1. The van der Waals surface area contributed by atoms with E-state index < -0.39 is 113 Å². The molecular weight excluding hydrogens is 1130 g/mol. The minimum absolute atomic E-state index is 0.154. The summed E-state index contributed by atoms with van der Waals surface area (Å²) in [7, 11) is 7.22. The number of cyclic esters (lactones) is 1. The van der Waals surface area contributed by atoms with Crippen molar-refractivity contribution < 1.29 is 82.5 Å². The number of nitrogens with one attached hydrogen (secondary N) is 2. The van der Waals surface area contributed by atoms with Crippen LogP contribution in [0.4, 0.5) is 5.69 Å².